The number of halogens is 1. The highest BCUT2D eigenvalue weighted by Crippen LogP contribution is 2.61. The molecule has 1 aromatic carbocycles. The summed E-state index contributed by atoms with van der Waals surface area (Å²) >= 11 is 0. The SMILES string of the molecule is CCCN(Cc1ccc(C(=O)NO)cc1F)C1(C2(C)CC3CC(C)CC(C3)C2)CCC1. The Bertz CT molecular complexity index is 789. The Morgan fingerprint density at radius 1 is 1.23 bits per heavy atom. The number of nitrogens with one attached hydrogen (secondary N) is 1. The third kappa shape index (κ3) is 4.16. The fraction of sp³-hybridized carbons (Fsp3) is 0.731. The number of rotatable bonds is 7. The fourth-order valence-electron chi connectivity index (χ4n) is 7.58. The van der Waals surface area contributed by atoms with E-state index >= 15 is 0 Å². The average Bonchev–Trinajstić information content (AvgIpc) is 2.66. The highest BCUT2D eigenvalue weighted by atomic mass is 19.1. The molecular formula is C26H39FN2O2. The van der Waals surface area contributed by atoms with Gasteiger partial charge in [-0.05, 0) is 99.6 Å². The number of carbonyl (C=O) groups is 1. The summed E-state index contributed by atoms with van der Waals surface area (Å²) in [5, 5.41) is 8.84. The second kappa shape index (κ2) is 8.82. The lowest BCUT2D eigenvalue weighted by Gasteiger charge is -2.64. The third-order valence-electron chi connectivity index (χ3n) is 8.80. The van der Waals surface area contributed by atoms with Crippen molar-refractivity contribution in [3.63, 3.8) is 0 Å². The Morgan fingerprint density at radius 3 is 2.42 bits per heavy atom. The molecule has 0 aliphatic heterocycles. The van der Waals surface area contributed by atoms with Gasteiger partial charge in [0.2, 0.25) is 0 Å². The molecule has 1 aromatic rings. The molecule has 0 spiro atoms. The summed E-state index contributed by atoms with van der Waals surface area (Å²) in [5.41, 5.74) is 2.82. The summed E-state index contributed by atoms with van der Waals surface area (Å²) in [5.74, 6) is 1.52. The molecule has 2 bridgehead atoms. The summed E-state index contributed by atoms with van der Waals surface area (Å²) in [4.78, 5) is 14.2. The Hall–Kier alpha value is -1.46. The van der Waals surface area contributed by atoms with Crippen molar-refractivity contribution in [2.75, 3.05) is 6.54 Å². The number of benzene rings is 1. The smallest absolute Gasteiger partial charge is 0.274 e. The van der Waals surface area contributed by atoms with Crippen LogP contribution < -0.4 is 5.48 Å². The standard InChI is InChI=1S/C26H39FN2O2/c1-4-10-29(17-22-7-6-21(14-23(22)27)24(30)28-31)26(8-5-9-26)25(3)15-19-11-18(2)12-20(13-19)16-25/h6-7,14,18-20,31H,4-5,8-13,15-17H2,1-3H3,(H,28,30). The van der Waals surface area contributed by atoms with Crippen LogP contribution in [0.4, 0.5) is 4.39 Å². The van der Waals surface area contributed by atoms with Crippen LogP contribution in [-0.4, -0.2) is 28.1 Å². The minimum Gasteiger partial charge on any atom is -0.293 e. The van der Waals surface area contributed by atoms with Crippen molar-refractivity contribution in [2.24, 2.45) is 23.2 Å². The van der Waals surface area contributed by atoms with Crippen LogP contribution in [0.3, 0.4) is 0 Å². The highest BCUT2D eigenvalue weighted by molar-refractivity contribution is 5.93. The number of nitrogens with zero attached hydrogens (tertiary/aromatic N) is 1. The van der Waals surface area contributed by atoms with Crippen LogP contribution in [-0.2, 0) is 6.54 Å². The molecule has 0 heterocycles. The van der Waals surface area contributed by atoms with Gasteiger partial charge in [0.1, 0.15) is 5.82 Å². The maximum Gasteiger partial charge on any atom is 0.274 e. The van der Waals surface area contributed by atoms with Crippen LogP contribution in [0.15, 0.2) is 18.2 Å². The molecule has 172 valence electrons. The number of fused-ring (bicyclic) bond motifs is 2. The first kappa shape index (κ1) is 22.7. The monoisotopic (exact) mass is 430 g/mol. The highest BCUT2D eigenvalue weighted by Gasteiger charge is 2.58. The summed E-state index contributed by atoms with van der Waals surface area (Å²) < 4.78 is 14.9. The molecule has 4 rings (SSSR count). The van der Waals surface area contributed by atoms with Gasteiger partial charge in [-0.3, -0.25) is 14.9 Å². The van der Waals surface area contributed by atoms with E-state index in [1.807, 2.05) is 0 Å². The Labute approximate surface area is 186 Å². The zero-order chi connectivity index (χ0) is 22.2. The molecule has 3 saturated carbocycles. The van der Waals surface area contributed by atoms with Gasteiger partial charge < -0.3 is 0 Å². The van der Waals surface area contributed by atoms with E-state index in [0.717, 1.165) is 30.7 Å². The maximum absolute atomic E-state index is 14.9. The van der Waals surface area contributed by atoms with E-state index in [9.17, 15) is 9.18 Å². The maximum atomic E-state index is 14.9. The lowest BCUT2D eigenvalue weighted by molar-refractivity contribution is -0.133. The van der Waals surface area contributed by atoms with Crippen LogP contribution in [0, 0.1) is 29.0 Å². The summed E-state index contributed by atoms with van der Waals surface area (Å²) in [6.45, 7) is 8.73. The Kier molecular flexibility index (Phi) is 6.47. The van der Waals surface area contributed by atoms with Crippen molar-refractivity contribution in [3.05, 3.63) is 35.1 Å². The minimum absolute atomic E-state index is 0.144. The number of hydrogen-bond donors (Lipinski definition) is 2. The summed E-state index contributed by atoms with van der Waals surface area (Å²) in [6, 6.07) is 4.57. The average molecular weight is 431 g/mol. The van der Waals surface area contributed by atoms with Crippen LogP contribution in [0.2, 0.25) is 0 Å². The van der Waals surface area contributed by atoms with E-state index in [1.165, 1.54) is 57.4 Å². The summed E-state index contributed by atoms with van der Waals surface area (Å²) in [7, 11) is 0. The van der Waals surface area contributed by atoms with Gasteiger partial charge >= 0.3 is 0 Å². The van der Waals surface area contributed by atoms with Gasteiger partial charge in [0, 0.05) is 23.2 Å². The van der Waals surface area contributed by atoms with Crippen molar-refractivity contribution in [3.8, 4) is 0 Å². The van der Waals surface area contributed by atoms with Gasteiger partial charge in [-0.15, -0.1) is 0 Å². The molecule has 31 heavy (non-hydrogen) atoms. The lowest BCUT2D eigenvalue weighted by Crippen LogP contribution is -2.65. The second-order valence-corrected chi connectivity index (χ2v) is 11.1. The van der Waals surface area contributed by atoms with E-state index in [1.54, 1.807) is 17.6 Å². The van der Waals surface area contributed by atoms with Gasteiger partial charge in [-0.2, -0.15) is 0 Å². The quantitative estimate of drug-likeness (QED) is 0.416. The van der Waals surface area contributed by atoms with E-state index < -0.39 is 5.91 Å². The second-order valence-electron chi connectivity index (χ2n) is 11.1. The third-order valence-corrected chi connectivity index (χ3v) is 8.80. The Morgan fingerprint density at radius 2 is 1.90 bits per heavy atom. The molecule has 2 atom stereocenters. The van der Waals surface area contributed by atoms with E-state index in [4.69, 9.17) is 5.21 Å². The first-order valence-corrected chi connectivity index (χ1v) is 12.3. The largest absolute Gasteiger partial charge is 0.293 e. The normalized spacial score (nSPS) is 31.9. The molecular weight excluding hydrogens is 391 g/mol. The zero-order valence-electron chi connectivity index (χ0n) is 19.4. The van der Waals surface area contributed by atoms with Crippen LogP contribution in [0.5, 0.6) is 0 Å². The number of amides is 1. The molecule has 2 unspecified atom stereocenters. The van der Waals surface area contributed by atoms with E-state index in [0.29, 0.717) is 17.5 Å². The van der Waals surface area contributed by atoms with Crippen LogP contribution in [0.25, 0.3) is 0 Å². The molecule has 0 saturated heterocycles. The van der Waals surface area contributed by atoms with E-state index in [2.05, 4.69) is 25.7 Å². The van der Waals surface area contributed by atoms with Crippen LogP contribution >= 0.6 is 0 Å². The zero-order valence-corrected chi connectivity index (χ0v) is 19.4. The molecule has 0 aromatic heterocycles. The lowest BCUT2D eigenvalue weighted by atomic mass is 9.48. The van der Waals surface area contributed by atoms with E-state index in [-0.39, 0.29) is 16.9 Å². The predicted octanol–water partition coefficient (Wildman–Crippen LogP) is 5.93. The Balaban J connectivity index is 1.60. The van der Waals surface area contributed by atoms with Crippen LogP contribution in [0.1, 0.15) is 94.5 Å². The van der Waals surface area contributed by atoms with Gasteiger partial charge in [-0.25, -0.2) is 9.87 Å². The first-order chi connectivity index (χ1) is 14.8. The summed E-state index contributed by atoms with van der Waals surface area (Å²) in [6.07, 6.45) is 11.5. The first-order valence-electron chi connectivity index (χ1n) is 12.3. The molecule has 2 N–H and O–H groups in total. The molecule has 5 heteroatoms. The number of hydroxylamine groups is 1. The van der Waals surface area contributed by atoms with Crippen molar-refractivity contribution in [1.29, 1.82) is 0 Å². The molecule has 4 nitrogen and oxygen atoms in total. The molecule has 3 aliphatic rings. The van der Waals surface area contributed by atoms with Gasteiger partial charge in [-0.1, -0.05) is 26.8 Å². The van der Waals surface area contributed by atoms with Crippen molar-refractivity contribution in [2.45, 2.75) is 90.6 Å². The molecule has 3 fully saturated rings. The predicted molar refractivity (Wildman–Crippen MR) is 120 cm³/mol. The van der Waals surface area contributed by atoms with Crippen molar-refractivity contribution in [1.82, 2.24) is 10.4 Å². The van der Waals surface area contributed by atoms with Gasteiger partial charge in [0.15, 0.2) is 0 Å². The number of hydrogen-bond acceptors (Lipinski definition) is 3. The van der Waals surface area contributed by atoms with Gasteiger partial charge in [0.25, 0.3) is 5.91 Å². The molecule has 1 amide bonds. The fourth-order valence-corrected chi connectivity index (χ4v) is 7.58. The molecule has 3 aliphatic carbocycles. The van der Waals surface area contributed by atoms with Crippen molar-refractivity contribution >= 4 is 5.91 Å². The molecule has 0 radical (unpaired) electrons. The topological polar surface area (TPSA) is 52.6 Å². The minimum atomic E-state index is -0.679. The van der Waals surface area contributed by atoms with Crippen molar-refractivity contribution < 1.29 is 14.4 Å². The number of carbonyl (C=O) groups excluding carboxylic acids is 1. The van der Waals surface area contributed by atoms with Gasteiger partial charge in [0.05, 0.1) is 0 Å².